The van der Waals surface area contributed by atoms with Crippen LogP contribution < -0.4 is 5.32 Å². The van der Waals surface area contributed by atoms with Gasteiger partial charge in [-0.1, -0.05) is 19.3 Å². The molecule has 0 radical (unpaired) electrons. The van der Waals surface area contributed by atoms with Crippen molar-refractivity contribution in [3.05, 3.63) is 17.0 Å². The van der Waals surface area contributed by atoms with E-state index in [2.05, 4.69) is 16.9 Å². The summed E-state index contributed by atoms with van der Waals surface area (Å²) in [7, 11) is 0. The second-order valence-corrected chi connectivity index (χ2v) is 12.5. The van der Waals surface area contributed by atoms with E-state index in [-0.39, 0.29) is 0 Å². The third kappa shape index (κ3) is 3.98. The Kier molecular flexibility index (Phi) is 5.90. The zero-order valence-corrected chi connectivity index (χ0v) is 20.3. The largest absolute Gasteiger partial charge is 0.379 e. The molecule has 2 N–H and O–H groups in total. The number of aromatic nitrogens is 2. The molecule has 0 spiro atoms. The molecule has 32 heavy (non-hydrogen) atoms. The monoisotopic (exact) mass is 439 g/mol. The molecule has 178 valence electrons. The lowest BCUT2D eigenvalue weighted by Crippen LogP contribution is -2.56. The van der Waals surface area contributed by atoms with E-state index in [0.29, 0.717) is 17.5 Å². The number of aryl methyl sites for hydroxylation is 1. The average molecular weight is 440 g/mol. The van der Waals surface area contributed by atoms with Crippen molar-refractivity contribution in [3.8, 4) is 0 Å². The fraction of sp³-hybridized carbons (Fsp3) is 0.893. The number of nitrogens with one attached hydrogen (secondary N) is 1. The predicted octanol–water partition coefficient (Wildman–Crippen LogP) is 5.71. The van der Waals surface area contributed by atoms with E-state index in [4.69, 9.17) is 5.10 Å². The van der Waals surface area contributed by atoms with Crippen molar-refractivity contribution in [2.75, 3.05) is 0 Å². The Morgan fingerprint density at radius 1 is 0.969 bits per heavy atom. The van der Waals surface area contributed by atoms with Gasteiger partial charge in [-0.25, -0.2) is 0 Å². The highest BCUT2D eigenvalue weighted by molar-refractivity contribution is 5.29. The van der Waals surface area contributed by atoms with E-state index in [0.717, 1.165) is 30.6 Å². The molecule has 1 aromatic rings. The summed E-state index contributed by atoms with van der Waals surface area (Å²) in [6.45, 7) is 2.37. The average Bonchev–Trinajstić information content (AvgIpc) is 3.16. The van der Waals surface area contributed by atoms with Crippen LogP contribution >= 0.6 is 0 Å². The highest BCUT2D eigenvalue weighted by Crippen LogP contribution is 2.61. The third-order valence-electron chi connectivity index (χ3n) is 10.3. The second kappa shape index (κ2) is 8.73. The highest BCUT2D eigenvalue weighted by Gasteiger charge is 2.53. The van der Waals surface area contributed by atoms with Gasteiger partial charge in [-0.05, 0) is 126 Å². The molecule has 7 rings (SSSR count). The molecule has 2 unspecified atom stereocenters. The minimum atomic E-state index is -0.405. The molecule has 6 aliphatic rings. The maximum atomic E-state index is 11.0. The van der Waals surface area contributed by atoms with Gasteiger partial charge in [0.15, 0.2) is 0 Å². The van der Waals surface area contributed by atoms with Gasteiger partial charge in [-0.15, -0.1) is 0 Å². The molecule has 6 aliphatic carbocycles. The van der Waals surface area contributed by atoms with Gasteiger partial charge in [-0.2, -0.15) is 5.10 Å². The maximum Gasteiger partial charge on any atom is 0.105 e. The first kappa shape index (κ1) is 21.6. The van der Waals surface area contributed by atoms with E-state index >= 15 is 0 Å². The number of aliphatic hydroxyl groups excluding tert-OH is 1. The van der Waals surface area contributed by atoms with E-state index in [1.165, 1.54) is 102 Å². The smallest absolute Gasteiger partial charge is 0.105 e. The SMILES string of the molecule is CC(NC(O)CCc1nn(C2CCCCC2)c2c1CCCC2)C12CC3CC(CC(C3)C1)C2. The minimum Gasteiger partial charge on any atom is -0.379 e. The fourth-order valence-electron chi connectivity index (χ4n) is 9.06. The third-order valence-corrected chi connectivity index (χ3v) is 10.3. The number of fused-ring (bicyclic) bond motifs is 1. The molecule has 0 saturated heterocycles. The van der Waals surface area contributed by atoms with Crippen molar-refractivity contribution in [2.24, 2.45) is 23.2 Å². The number of rotatable bonds is 7. The number of aliphatic hydroxyl groups is 1. The Bertz CT molecular complexity index is 773. The molecular formula is C28H45N3O. The first-order valence-corrected chi connectivity index (χ1v) is 14.1. The van der Waals surface area contributed by atoms with Crippen molar-refractivity contribution >= 4 is 0 Å². The number of hydrogen-bond acceptors (Lipinski definition) is 3. The van der Waals surface area contributed by atoms with E-state index in [9.17, 15) is 5.11 Å². The highest BCUT2D eigenvalue weighted by atomic mass is 16.3. The van der Waals surface area contributed by atoms with Gasteiger partial charge >= 0.3 is 0 Å². The summed E-state index contributed by atoms with van der Waals surface area (Å²) < 4.78 is 2.45. The van der Waals surface area contributed by atoms with Crippen molar-refractivity contribution in [1.82, 2.24) is 15.1 Å². The summed E-state index contributed by atoms with van der Waals surface area (Å²) in [6, 6.07) is 1.06. The Labute approximate surface area is 194 Å². The molecular weight excluding hydrogens is 394 g/mol. The van der Waals surface area contributed by atoms with Crippen molar-refractivity contribution in [1.29, 1.82) is 0 Å². The summed E-state index contributed by atoms with van der Waals surface area (Å²) in [5.41, 5.74) is 4.84. The van der Waals surface area contributed by atoms with Crippen molar-refractivity contribution in [2.45, 2.75) is 134 Å². The normalized spacial score (nSPS) is 36.2. The standard InChI is InChI=1S/C28H45N3O/c1-19(28-16-20-13-21(17-28)15-22(14-20)18-28)29-27(32)12-11-25-24-9-5-6-10-26(24)31(30-25)23-7-3-2-4-8-23/h19-23,27,29,32H,2-18H2,1H3. The van der Waals surface area contributed by atoms with Crippen LogP contribution in [0.3, 0.4) is 0 Å². The number of hydrogen-bond donors (Lipinski definition) is 2. The van der Waals surface area contributed by atoms with Gasteiger partial charge in [0.05, 0.1) is 11.7 Å². The Morgan fingerprint density at radius 3 is 2.31 bits per heavy atom. The van der Waals surface area contributed by atoms with Crippen LogP contribution in [0.15, 0.2) is 0 Å². The van der Waals surface area contributed by atoms with Crippen LogP contribution in [-0.4, -0.2) is 27.2 Å². The topological polar surface area (TPSA) is 50.1 Å². The van der Waals surface area contributed by atoms with Gasteiger partial charge in [-0.3, -0.25) is 10.00 Å². The zero-order chi connectivity index (χ0) is 21.7. The van der Waals surface area contributed by atoms with Gasteiger partial charge in [0, 0.05) is 11.7 Å². The molecule has 4 nitrogen and oxygen atoms in total. The molecule has 4 bridgehead atoms. The van der Waals surface area contributed by atoms with Crippen LogP contribution in [0.1, 0.15) is 120 Å². The molecule has 5 fully saturated rings. The first-order chi connectivity index (χ1) is 15.6. The van der Waals surface area contributed by atoms with Crippen LogP contribution in [-0.2, 0) is 19.3 Å². The summed E-state index contributed by atoms with van der Waals surface area (Å²) in [5.74, 6) is 2.91. The summed E-state index contributed by atoms with van der Waals surface area (Å²) in [5, 5.41) is 19.9. The van der Waals surface area contributed by atoms with Gasteiger partial charge in [0.25, 0.3) is 0 Å². The van der Waals surface area contributed by atoms with Crippen molar-refractivity contribution in [3.63, 3.8) is 0 Å². The van der Waals surface area contributed by atoms with Crippen LogP contribution in [0.4, 0.5) is 0 Å². The van der Waals surface area contributed by atoms with E-state index in [1.54, 1.807) is 11.3 Å². The quantitative estimate of drug-likeness (QED) is 0.535. The van der Waals surface area contributed by atoms with Gasteiger partial charge in [0.2, 0.25) is 0 Å². The lowest BCUT2D eigenvalue weighted by atomic mass is 9.48. The molecule has 2 atom stereocenters. The Morgan fingerprint density at radius 2 is 1.62 bits per heavy atom. The van der Waals surface area contributed by atoms with E-state index in [1.807, 2.05) is 0 Å². The van der Waals surface area contributed by atoms with Crippen LogP contribution in [0, 0.1) is 23.2 Å². The predicted molar refractivity (Wildman–Crippen MR) is 129 cm³/mol. The summed E-state index contributed by atoms with van der Waals surface area (Å²) >= 11 is 0. The first-order valence-electron chi connectivity index (χ1n) is 14.1. The minimum absolute atomic E-state index is 0.405. The Balaban J connectivity index is 1.10. The van der Waals surface area contributed by atoms with Crippen LogP contribution in [0.25, 0.3) is 0 Å². The summed E-state index contributed by atoms with van der Waals surface area (Å²) in [4.78, 5) is 0. The molecule has 1 heterocycles. The number of nitrogens with zero attached hydrogens (tertiary/aromatic N) is 2. The second-order valence-electron chi connectivity index (χ2n) is 12.5. The van der Waals surface area contributed by atoms with Crippen LogP contribution in [0.5, 0.6) is 0 Å². The summed E-state index contributed by atoms with van der Waals surface area (Å²) in [6.07, 6.45) is 21.7. The van der Waals surface area contributed by atoms with Crippen LogP contribution in [0.2, 0.25) is 0 Å². The molecule has 0 aromatic carbocycles. The fourth-order valence-corrected chi connectivity index (χ4v) is 9.06. The molecule has 0 amide bonds. The Hall–Kier alpha value is -0.870. The lowest BCUT2D eigenvalue weighted by molar-refractivity contribution is -0.0794. The molecule has 5 saturated carbocycles. The maximum absolute atomic E-state index is 11.0. The lowest BCUT2D eigenvalue weighted by Gasteiger charge is -2.59. The van der Waals surface area contributed by atoms with E-state index < -0.39 is 6.23 Å². The molecule has 1 aromatic heterocycles. The zero-order valence-electron chi connectivity index (χ0n) is 20.3. The van der Waals surface area contributed by atoms with Gasteiger partial charge < -0.3 is 5.11 Å². The van der Waals surface area contributed by atoms with Crippen molar-refractivity contribution < 1.29 is 5.11 Å². The molecule has 4 heteroatoms. The molecule has 0 aliphatic heterocycles. The van der Waals surface area contributed by atoms with Gasteiger partial charge in [0.1, 0.15) is 6.23 Å².